The molecule has 1 saturated heterocycles. The van der Waals surface area contributed by atoms with Gasteiger partial charge < -0.3 is 20.2 Å². The number of anilines is 1. The van der Waals surface area contributed by atoms with Gasteiger partial charge in [0.05, 0.1) is 22.2 Å². The van der Waals surface area contributed by atoms with Crippen LogP contribution in [0.5, 0.6) is 5.75 Å². The number of rotatable bonds is 9. The van der Waals surface area contributed by atoms with Crippen LogP contribution in [-0.2, 0) is 0 Å². The Morgan fingerprint density at radius 3 is 2.46 bits per heavy atom. The Labute approximate surface area is 222 Å². The molecular weight excluding hydrogens is 498 g/mol. The smallest absolute Gasteiger partial charge is 0.257 e. The summed E-state index contributed by atoms with van der Waals surface area (Å²) in [5.74, 6) is -1.22. The minimum atomic E-state index is -2.65. The average Bonchev–Trinajstić information content (AvgIpc) is 2.79. The van der Waals surface area contributed by atoms with E-state index in [1.54, 1.807) is 25.1 Å². The van der Waals surface area contributed by atoms with Crippen LogP contribution in [0, 0.1) is 17.7 Å². The highest BCUT2D eigenvalue weighted by atomic mass is 35.5. The lowest BCUT2D eigenvalue weighted by Gasteiger charge is -2.60. The molecule has 1 aliphatic carbocycles. The number of hydrogen-bond acceptors (Lipinski definition) is 6. The molecule has 9 heteroatoms. The molecule has 2 fully saturated rings. The van der Waals surface area contributed by atoms with Gasteiger partial charge in [-0.25, -0.2) is 18.7 Å². The van der Waals surface area contributed by atoms with Gasteiger partial charge in [-0.05, 0) is 58.7 Å². The summed E-state index contributed by atoms with van der Waals surface area (Å²) >= 11 is 6.58. The minimum absolute atomic E-state index is 0.0651. The van der Waals surface area contributed by atoms with Crippen molar-refractivity contribution < 1.29 is 18.6 Å². The van der Waals surface area contributed by atoms with Crippen LogP contribution in [0.4, 0.5) is 14.6 Å². The molecule has 0 unspecified atom stereocenters. The number of allylic oxidation sites excluding steroid dienone is 2. The third-order valence-electron chi connectivity index (χ3n) is 7.45. The summed E-state index contributed by atoms with van der Waals surface area (Å²) in [6.07, 6.45) is 1.36. The Morgan fingerprint density at radius 2 is 1.92 bits per heavy atom. The lowest BCUT2D eigenvalue weighted by molar-refractivity contribution is -0.212. The maximum Gasteiger partial charge on any atom is 0.257 e. The molecule has 2 aliphatic rings. The zero-order valence-corrected chi connectivity index (χ0v) is 22.8. The Morgan fingerprint density at radius 1 is 1.22 bits per heavy atom. The molecule has 1 spiro atoms. The van der Waals surface area contributed by atoms with Gasteiger partial charge in [0.25, 0.3) is 5.92 Å². The fraction of sp³-hybridized carbons (Fsp3) is 0.536. The Hall–Kier alpha value is -2.58. The van der Waals surface area contributed by atoms with Gasteiger partial charge in [0.1, 0.15) is 18.2 Å². The van der Waals surface area contributed by atoms with E-state index >= 15 is 0 Å². The van der Waals surface area contributed by atoms with E-state index < -0.39 is 17.4 Å². The lowest BCUT2D eigenvalue weighted by Crippen LogP contribution is -2.70. The predicted molar refractivity (Wildman–Crippen MR) is 144 cm³/mol. The summed E-state index contributed by atoms with van der Waals surface area (Å²) in [6.45, 7) is 10.0. The molecule has 1 aromatic carbocycles. The number of ether oxygens (including phenoxy) is 1. The first-order chi connectivity index (χ1) is 17.4. The fourth-order valence-corrected chi connectivity index (χ4v) is 5.43. The van der Waals surface area contributed by atoms with Gasteiger partial charge in [0.2, 0.25) is 0 Å². The van der Waals surface area contributed by atoms with Crippen LogP contribution in [0.3, 0.4) is 0 Å². The van der Waals surface area contributed by atoms with Crippen LogP contribution < -0.4 is 9.64 Å². The maximum absolute atomic E-state index is 14.3. The first kappa shape index (κ1) is 27.5. The van der Waals surface area contributed by atoms with E-state index in [0.717, 1.165) is 17.6 Å². The maximum atomic E-state index is 14.3. The van der Waals surface area contributed by atoms with Gasteiger partial charge in [-0.1, -0.05) is 30.5 Å². The molecule has 200 valence electrons. The zero-order valence-electron chi connectivity index (χ0n) is 22.1. The minimum Gasteiger partial charge on any atom is -0.491 e. The van der Waals surface area contributed by atoms with Crippen LogP contribution in [-0.4, -0.2) is 52.5 Å². The van der Waals surface area contributed by atoms with Crippen LogP contribution >= 0.6 is 11.6 Å². The summed E-state index contributed by atoms with van der Waals surface area (Å²) in [4.78, 5) is 11.5. The summed E-state index contributed by atoms with van der Waals surface area (Å²) < 4.78 is 34.4. The number of aliphatic hydroxyl groups is 1. The van der Waals surface area contributed by atoms with E-state index in [2.05, 4.69) is 0 Å². The second-order valence-corrected chi connectivity index (χ2v) is 11.0. The van der Waals surface area contributed by atoms with Crippen molar-refractivity contribution in [1.29, 1.82) is 5.41 Å². The molecule has 0 radical (unpaired) electrons. The third kappa shape index (κ3) is 5.10. The van der Waals surface area contributed by atoms with Crippen molar-refractivity contribution in [3.8, 4) is 17.1 Å². The molecule has 1 aliphatic heterocycles. The topological polar surface area (TPSA) is 82.3 Å². The molecule has 0 bridgehead atoms. The number of nitrogens with one attached hydrogen (secondary N) is 1. The number of aliphatic hydroxyl groups excluding tert-OH is 1. The molecule has 6 nitrogen and oxygen atoms in total. The SMILES string of the molecule is CCC[C@@H](O)COc1ccc(Cl)c(-c2nc(C(C(C)=N)=C(C)C)c(C)c(N3CC4(CCC4(F)F)C3)n2)c1. The highest BCUT2D eigenvalue weighted by Gasteiger charge is 2.67. The first-order valence-electron chi connectivity index (χ1n) is 12.7. The molecule has 1 aromatic heterocycles. The van der Waals surface area contributed by atoms with Crippen LogP contribution in [0.25, 0.3) is 17.0 Å². The van der Waals surface area contributed by atoms with E-state index in [0.29, 0.717) is 57.8 Å². The molecule has 2 aromatic rings. The van der Waals surface area contributed by atoms with Gasteiger partial charge in [-0.15, -0.1) is 0 Å². The molecule has 4 rings (SSSR count). The first-order valence-corrected chi connectivity index (χ1v) is 13.1. The van der Waals surface area contributed by atoms with E-state index in [9.17, 15) is 13.9 Å². The number of aromatic nitrogens is 2. The van der Waals surface area contributed by atoms with E-state index in [4.69, 9.17) is 31.7 Å². The summed E-state index contributed by atoms with van der Waals surface area (Å²) in [5, 5.41) is 18.9. The van der Waals surface area contributed by atoms with Crippen molar-refractivity contribution in [3.63, 3.8) is 0 Å². The van der Waals surface area contributed by atoms with Gasteiger partial charge >= 0.3 is 0 Å². The van der Waals surface area contributed by atoms with Crippen LogP contribution in [0.2, 0.25) is 5.02 Å². The normalized spacial score (nSPS) is 18.1. The molecule has 37 heavy (non-hydrogen) atoms. The van der Waals surface area contributed by atoms with Crippen molar-refractivity contribution in [2.45, 2.75) is 72.3 Å². The quantitative estimate of drug-likeness (QED) is 0.350. The number of nitrogens with zero attached hydrogens (tertiary/aromatic N) is 3. The lowest BCUT2D eigenvalue weighted by atomic mass is 9.60. The molecule has 2 heterocycles. The van der Waals surface area contributed by atoms with Gasteiger partial charge in [-0.3, -0.25) is 0 Å². The highest BCUT2D eigenvalue weighted by molar-refractivity contribution is 6.33. The van der Waals surface area contributed by atoms with Crippen molar-refractivity contribution in [1.82, 2.24) is 9.97 Å². The Kier molecular flexibility index (Phi) is 7.64. The molecule has 1 atom stereocenters. The van der Waals surface area contributed by atoms with Crippen LogP contribution in [0.15, 0.2) is 23.8 Å². The predicted octanol–water partition coefficient (Wildman–Crippen LogP) is 6.71. The summed E-state index contributed by atoms with van der Waals surface area (Å²) in [5.41, 5.74) is 2.86. The van der Waals surface area contributed by atoms with Gasteiger partial charge in [0, 0.05) is 41.9 Å². The molecular formula is C28H35ClF2N4O2. The number of hydrogen-bond donors (Lipinski definition) is 2. The molecule has 2 N–H and O–H groups in total. The van der Waals surface area contributed by atoms with Gasteiger partial charge in [0.15, 0.2) is 5.82 Å². The summed E-state index contributed by atoms with van der Waals surface area (Å²) in [6, 6.07) is 5.15. The van der Waals surface area contributed by atoms with Gasteiger partial charge in [-0.2, -0.15) is 0 Å². The monoisotopic (exact) mass is 532 g/mol. The fourth-order valence-electron chi connectivity index (χ4n) is 5.23. The number of alkyl halides is 2. The van der Waals surface area contributed by atoms with Crippen LogP contribution in [0.1, 0.15) is 64.6 Å². The van der Waals surface area contributed by atoms with E-state index in [1.807, 2.05) is 32.6 Å². The van der Waals surface area contributed by atoms with Crippen molar-refractivity contribution in [3.05, 3.63) is 40.1 Å². The standard InChI is InChI=1S/C28H35ClF2N4O2/c1-6-7-19(36)13-37-20-8-9-22(29)21(12-20)25-33-24(23(16(2)3)18(5)32)17(4)26(34-25)35-14-27(15-35)10-11-28(27,30)31/h8-9,12,19,32,36H,6-7,10-11,13-15H2,1-5H3/t19-/m1/s1. The zero-order chi connectivity index (χ0) is 27.1. The number of halogens is 3. The molecule has 0 amide bonds. The Bertz CT molecular complexity index is 1240. The average molecular weight is 533 g/mol. The van der Waals surface area contributed by atoms with Crippen molar-refractivity contribution in [2.24, 2.45) is 5.41 Å². The molecule has 1 saturated carbocycles. The Balaban J connectivity index is 1.77. The second-order valence-electron chi connectivity index (χ2n) is 10.6. The van der Waals surface area contributed by atoms with Crippen molar-refractivity contribution >= 4 is 28.7 Å². The summed E-state index contributed by atoms with van der Waals surface area (Å²) in [7, 11) is 0. The number of benzene rings is 1. The highest BCUT2D eigenvalue weighted by Crippen LogP contribution is 2.59. The van der Waals surface area contributed by atoms with E-state index in [-0.39, 0.29) is 26.1 Å². The second kappa shape index (κ2) is 10.3. The van der Waals surface area contributed by atoms with E-state index in [1.165, 1.54) is 0 Å². The largest absolute Gasteiger partial charge is 0.491 e. The third-order valence-corrected chi connectivity index (χ3v) is 7.78. The van der Waals surface area contributed by atoms with Crippen molar-refractivity contribution in [2.75, 3.05) is 24.6 Å².